The molecule has 25 heavy (non-hydrogen) atoms. The van der Waals surface area contributed by atoms with Crippen LogP contribution in [0.25, 0.3) is 0 Å². The van der Waals surface area contributed by atoms with Crippen LogP contribution >= 0.6 is 12.4 Å². The van der Waals surface area contributed by atoms with Crippen LogP contribution in [0.2, 0.25) is 0 Å². The van der Waals surface area contributed by atoms with Crippen molar-refractivity contribution < 1.29 is 14.3 Å². The second-order valence-electron chi connectivity index (χ2n) is 6.01. The minimum atomic E-state index is -0.347. The lowest BCUT2D eigenvalue weighted by molar-refractivity contribution is 0.0213. The molecular formula is C20H24ClNO3. The van der Waals surface area contributed by atoms with Crippen LogP contribution < -0.4 is 4.74 Å². The van der Waals surface area contributed by atoms with Crippen LogP contribution in [0.3, 0.4) is 0 Å². The minimum absolute atomic E-state index is 0. The number of carbonyl (C=O) groups excluding carboxylic acids is 1. The maximum Gasteiger partial charge on any atom is 0.342 e. The van der Waals surface area contributed by atoms with Crippen molar-refractivity contribution >= 4 is 18.4 Å². The molecule has 134 valence electrons. The van der Waals surface area contributed by atoms with Gasteiger partial charge in [0.2, 0.25) is 0 Å². The van der Waals surface area contributed by atoms with Gasteiger partial charge >= 0.3 is 5.97 Å². The van der Waals surface area contributed by atoms with Crippen molar-refractivity contribution in [3.8, 4) is 5.75 Å². The molecule has 1 atom stereocenters. The van der Waals surface area contributed by atoms with Crippen LogP contribution in [-0.4, -0.2) is 37.6 Å². The number of hydrogen-bond donors (Lipinski definition) is 0. The maximum absolute atomic E-state index is 12.7. The van der Waals surface area contributed by atoms with E-state index in [9.17, 15) is 4.79 Å². The molecule has 1 fully saturated rings. The van der Waals surface area contributed by atoms with E-state index in [4.69, 9.17) is 9.47 Å². The number of likely N-dealkylation sites (tertiary alicyclic amines) is 1. The quantitative estimate of drug-likeness (QED) is 0.726. The number of rotatable bonds is 6. The summed E-state index contributed by atoms with van der Waals surface area (Å²) in [7, 11) is 1.56. The Labute approximate surface area is 155 Å². The van der Waals surface area contributed by atoms with Crippen LogP contribution in [0, 0.1) is 0 Å². The number of benzene rings is 2. The van der Waals surface area contributed by atoms with Gasteiger partial charge in [-0.1, -0.05) is 42.5 Å². The van der Waals surface area contributed by atoms with E-state index in [0.29, 0.717) is 11.3 Å². The smallest absolute Gasteiger partial charge is 0.342 e. The van der Waals surface area contributed by atoms with Crippen LogP contribution in [0.4, 0.5) is 0 Å². The molecule has 5 heteroatoms. The number of para-hydroxylation sites is 1. The van der Waals surface area contributed by atoms with E-state index in [1.54, 1.807) is 19.2 Å². The van der Waals surface area contributed by atoms with Crippen molar-refractivity contribution in [3.63, 3.8) is 0 Å². The zero-order valence-corrected chi connectivity index (χ0v) is 15.2. The summed E-state index contributed by atoms with van der Waals surface area (Å²) in [6.07, 6.45) is 2.14. The van der Waals surface area contributed by atoms with E-state index in [2.05, 4.69) is 4.90 Å². The highest BCUT2D eigenvalue weighted by Gasteiger charge is 2.24. The highest BCUT2D eigenvalue weighted by atomic mass is 35.5. The molecule has 1 aliphatic rings. The van der Waals surface area contributed by atoms with Crippen LogP contribution in [0.5, 0.6) is 5.75 Å². The van der Waals surface area contributed by atoms with Crippen LogP contribution in [-0.2, 0) is 4.74 Å². The highest BCUT2D eigenvalue weighted by molar-refractivity contribution is 5.92. The van der Waals surface area contributed by atoms with Crippen molar-refractivity contribution in [1.29, 1.82) is 0 Å². The lowest BCUT2D eigenvalue weighted by atomic mass is 10.1. The summed E-state index contributed by atoms with van der Waals surface area (Å²) < 4.78 is 11.1. The number of hydrogen-bond acceptors (Lipinski definition) is 4. The summed E-state index contributed by atoms with van der Waals surface area (Å²) in [5, 5.41) is 0. The molecule has 0 saturated carbocycles. The Hall–Kier alpha value is -2.04. The normalized spacial score (nSPS) is 15.2. The van der Waals surface area contributed by atoms with Crippen molar-refractivity contribution in [2.24, 2.45) is 0 Å². The molecule has 0 N–H and O–H groups in total. The highest BCUT2D eigenvalue weighted by Crippen LogP contribution is 2.25. The molecule has 1 saturated heterocycles. The van der Waals surface area contributed by atoms with Crippen molar-refractivity contribution in [2.45, 2.75) is 18.9 Å². The Kier molecular flexibility index (Phi) is 7.29. The lowest BCUT2D eigenvalue weighted by Crippen LogP contribution is -2.28. The van der Waals surface area contributed by atoms with E-state index in [1.807, 2.05) is 42.5 Å². The summed E-state index contributed by atoms with van der Waals surface area (Å²) in [6, 6.07) is 17.1. The third-order valence-corrected chi connectivity index (χ3v) is 4.37. The maximum atomic E-state index is 12.7. The van der Waals surface area contributed by atoms with Gasteiger partial charge in [0.1, 0.15) is 17.4 Å². The number of halogens is 1. The van der Waals surface area contributed by atoms with E-state index < -0.39 is 0 Å². The molecule has 3 rings (SSSR count). The second-order valence-corrected chi connectivity index (χ2v) is 6.01. The molecule has 0 radical (unpaired) electrons. The third kappa shape index (κ3) is 4.97. The first-order valence-corrected chi connectivity index (χ1v) is 8.39. The third-order valence-electron chi connectivity index (χ3n) is 4.37. The molecule has 1 aliphatic heterocycles. The second kappa shape index (κ2) is 9.44. The van der Waals surface area contributed by atoms with Gasteiger partial charge in [-0.05, 0) is 43.6 Å². The van der Waals surface area contributed by atoms with Crippen LogP contribution in [0.15, 0.2) is 54.6 Å². The van der Waals surface area contributed by atoms with Gasteiger partial charge in [0.25, 0.3) is 0 Å². The number of nitrogens with zero attached hydrogens (tertiary/aromatic N) is 1. The first-order valence-electron chi connectivity index (χ1n) is 8.39. The van der Waals surface area contributed by atoms with E-state index >= 15 is 0 Å². The van der Waals surface area contributed by atoms with Gasteiger partial charge in [-0.3, -0.25) is 4.90 Å². The summed E-state index contributed by atoms with van der Waals surface area (Å²) in [5.41, 5.74) is 1.48. The Bertz CT molecular complexity index is 672. The molecule has 0 amide bonds. The Morgan fingerprint density at radius 1 is 1.04 bits per heavy atom. The SMILES string of the molecule is COc1ccccc1C(=O)OC(CN1CCCC1)c1ccccc1.Cl. The van der Waals surface area contributed by atoms with Crippen molar-refractivity contribution in [2.75, 3.05) is 26.7 Å². The van der Waals surface area contributed by atoms with Crippen molar-refractivity contribution in [1.82, 2.24) is 4.90 Å². The van der Waals surface area contributed by atoms with Crippen molar-refractivity contribution in [3.05, 3.63) is 65.7 Å². The zero-order chi connectivity index (χ0) is 16.8. The number of ether oxygens (including phenoxy) is 2. The monoisotopic (exact) mass is 361 g/mol. The summed E-state index contributed by atoms with van der Waals surface area (Å²) in [5.74, 6) is 0.191. The molecule has 0 aromatic heterocycles. The first-order chi connectivity index (χ1) is 11.8. The predicted molar refractivity (Wildman–Crippen MR) is 101 cm³/mol. The van der Waals surface area contributed by atoms with Gasteiger partial charge in [0.15, 0.2) is 0 Å². The number of esters is 1. The van der Waals surface area contributed by atoms with E-state index in [1.165, 1.54) is 12.8 Å². The molecule has 1 heterocycles. The number of carbonyl (C=O) groups is 1. The van der Waals surface area contributed by atoms with Gasteiger partial charge < -0.3 is 9.47 Å². The van der Waals surface area contributed by atoms with E-state index in [-0.39, 0.29) is 24.5 Å². The fraction of sp³-hybridized carbons (Fsp3) is 0.350. The fourth-order valence-corrected chi connectivity index (χ4v) is 3.08. The number of methoxy groups -OCH3 is 1. The van der Waals surface area contributed by atoms with E-state index in [0.717, 1.165) is 25.2 Å². The minimum Gasteiger partial charge on any atom is -0.496 e. The molecule has 0 spiro atoms. The van der Waals surface area contributed by atoms with Gasteiger partial charge in [-0.25, -0.2) is 4.79 Å². The molecule has 4 nitrogen and oxygen atoms in total. The Morgan fingerprint density at radius 3 is 2.36 bits per heavy atom. The molecular weight excluding hydrogens is 338 g/mol. The first kappa shape index (κ1) is 19.3. The molecule has 0 aliphatic carbocycles. The summed E-state index contributed by atoms with van der Waals surface area (Å²) in [4.78, 5) is 15.0. The van der Waals surface area contributed by atoms with Gasteiger partial charge in [0.05, 0.1) is 7.11 Å². The lowest BCUT2D eigenvalue weighted by Gasteiger charge is -2.24. The predicted octanol–water partition coefficient (Wildman–Crippen LogP) is 4.11. The average molecular weight is 362 g/mol. The molecule has 2 aromatic rings. The summed E-state index contributed by atoms with van der Waals surface area (Å²) in [6.45, 7) is 2.86. The largest absolute Gasteiger partial charge is 0.496 e. The topological polar surface area (TPSA) is 38.8 Å². The standard InChI is InChI=1S/C20H23NO3.ClH/c1-23-18-12-6-5-11-17(18)20(22)24-19(15-21-13-7-8-14-21)16-9-3-2-4-10-16;/h2-6,9-12,19H,7-8,13-15H2,1H3;1H. The van der Waals surface area contributed by atoms with Crippen LogP contribution in [0.1, 0.15) is 34.9 Å². The Morgan fingerprint density at radius 2 is 1.68 bits per heavy atom. The molecule has 1 unspecified atom stereocenters. The van der Waals surface area contributed by atoms with Gasteiger partial charge in [-0.15, -0.1) is 12.4 Å². The molecule has 0 bridgehead atoms. The molecule has 2 aromatic carbocycles. The van der Waals surface area contributed by atoms with Gasteiger partial charge in [0, 0.05) is 6.54 Å². The Balaban J connectivity index is 0.00000225. The fourth-order valence-electron chi connectivity index (χ4n) is 3.08. The summed E-state index contributed by atoms with van der Waals surface area (Å²) >= 11 is 0. The van der Waals surface area contributed by atoms with Gasteiger partial charge in [-0.2, -0.15) is 0 Å². The zero-order valence-electron chi connectivity index (χ0n) is 14.4. The average Bonchev–Trinajstić information content (AvgIpc) is 3.15.